The van der Waals surface area contributed by atoms with Gasteiger partial charge in [-0.25, -0.2) is 0 Å². The second kappa shape index (κ2) is 13.4. The summed E-state index contributed by atoms with van der Waals surface area (Å²) in [6, 6.07) is 76.9. The Morgan fingerprint density at radius 3 is 1.93 bits per heavy atom. The molecule has 3 aliphatic rings. The lowest BCUT2D eigenvalue weighted by Gasteiger charge is -2.36. The zero-order chi connectivity index (χ0) is 40.1. The first-order valence-electron chi connectivity index (χ1n) is 22.0. The normalized spacial score (nSPS) is 18.6. The second-order valence-corrected chi connectivity index (χ2v) is 17.6. The van der Waals surface area contributed by atoms with Crippen molar-refractivity contribution >= 4 is 49.6 Å². The van der Waals surface area contributed by atoms with Gasteiger partial charge in [-0.3, -0.25) is 0 Å². The van der Waals surface area contributed by atoms with Crippen molar-refractivity contribution in [3.63, 3.8) is 0 Å². The molecule has 13 rings (SSSR count). The second-order valence-electron chi connectivity index (χ2n) is 17.6. The fraction of sp³-hybridized carbons (Fsp3) is 0.119. The van der Waals surface area contributed by atoms with Gasteiger partial charge in [0.2, 0.25) is 0 Å². The Kier molecular flexibility index (Phi) is 7.63. The number of hydrogen-bond acceptors (Lipinski definition) is 1. The molecule has 1 spiro atoms. The molecule has 10 aromatic rings. The van der Waals surface area contributed by atoms with E-state index in [0.717, 1.165) is 34.6 Å². The maximum absolute atomic E-state index is 2.51. The fourth-order valence-corrected chi connectivity index (χ4v) is 12.3. The maximum atomic E-state index is 2.51. The van der Waals surface area contributed by atoms with Gasteiger partial charge in [0.1, 0.15) is 0 Å². The average molecular weight is 781 g/mol. The van der Waals surface area contributed by atoms with Crippen molar-refractivity contribution in [1.82, 2.24) is 4.57 Å². The number of anilines is 3. The molecule has 2 fully saturated rings. The van der Waals surface area contributed by atoms with Gasteiger partial charge in [-0.2, -0.15) is 0 Å². The quantitative estimate of drug-likeness (QED) is 0.163. The molecule has 0 aliphatic heterocycles. The zero-order valence-electron chi connectivity index (χ0n) is 34.0. The predicted octanol–water partition coefficient (Wildman–Crippen LogP) is 15.8. The number of para-hydroxylation sites is 3. The summed E-state index contributed by atoms with van der Waals surface area (Å²) in [6.07, 6.45) is 5.39. The minimum atomic E-state index is 0.138. The molecule has 1 aromatic heterocycles. The van der Waals surface area contributed by atoms with Crippen LogP contribution < -0.4 is 4.90 Å². The van der Waals surface area contributed by atoms with E-state index >= 15 is 0 Å². The summed E-state index contributed by atoms with van der Waals surface area (Å²) >= 11 is 0. The summed E-state index contributed by atoms with van der Waals surface area (Å²) < 4.78 is 2.42. The van der Waals surface area contributed by atoms with Gasteiger partial charge in [-0.15, -0.1) is 0 Å². The Hall–Kier alpha value is -7.16. The van der Waals surface area contributed by atoms with Gasteiger partial charge in [0.05, 0.1) is 22.4 Å². The van der Waals surface area contributed by atoms with Crippen molar-refractivity contribution in [1.29, 1.82) is 0 Å². The highest BCUT2D eigenvalue weighted by Crippen LogP contribution is 2.66. The van der Waals surface area contributed by atoms with E-state index < -0.39 is 0 Å². The van der Waals surface area contributed by atoms with Crippen LogP contribution in [0.1, 0.15) is 36.8 Å². The van der Waals surface area contributed by atoms with E-state index in [0.29, 0.717) is 0 Å². The third-order valence-corrected chi connectivity index (χ3v) is 14.7. The standard InChI is InChI=1S/C59H44N2/c1-3-16-40(17-4-1)44-20-10-13-28-54(44)61(43-32-33-49-48-23-11-14-29-55(48)60(57(49)37-43)42-18-5-2-6-19-42)56-35-34-46(45-21-7-8-22-47(45)56)50-25-15-27-53-58(50)51-24-9-12-26-52(51)59(53)38-39-30-31-41(59)36-39/h1-29,32-35,37,39,41H,30-31,36,38H2. The molecule has 61 heavy (non-hydrogen) atoms. The summed E-state index contributed by atoms with van der Waals surface area (Å²) in [5.41, 5.74) is 18.1. The number of hydrogen-bond donors (Lipinski definition) is 0. The Bertz CT molecular complexity index is 3340. The van der Waals surface area contributed by atoms with Gasteiger partial charge in [0.25, 0.3) is 0 Å². The van der Waals surface area contributed by atoms with E-state index in [9.17, 15) is 0 Å². The molecule has 1 heterocycles. The van der Waals surface area contributed by atoms with Gasteiger partial charge < -0.3 is 9.47 Å². The molecule has 0 saturated heterocycles. The van der Waals surface area contributed by atoms with E-state index in [4.69, 9.17) is 0 Å². The summed E-state index contributed by atoms with van der Waals surface area (Å²) in [7, 11) is 0. The largest absolute Gasteiger partial charge is 0.309 e. The maximum Gasteiger partial charge on any atom is 0.0561 e. The van der Waals surface area contributed by atoms with Crippen LogP contribution in [0.2, 0.25) is 0 Å². The molecular formula is C59H44N2. The van der Waals surface area contributed by atoms with Crippen LogP contribution in [-0.2, 0) is 5.41 Å². The molecule has 0 N–H and O–H groups in total. The molecule has 2 saturated carbocycles. The molecule has 3 unspecified atom stereocenters. The highest BCUT2D eigenvalue weighted by molar-refractivity contribution is 6.13. The van der Waals surface area contributed by atoms with E-state index in [2.05, 4.69) is 216 Å². The monoisotopic (exact) mass is 780 g/mol. The first-order valence-corrected chi connectivity index (χ1v) is 22.0. The van der Waals surface area contributed by atoms with Crippen molar-refractivity contribution in [3.8, 4) is 39.1 Å². The van der Waals surface area contributed by atoms with Crippen LogP contribution in [-0.4, -0.2) is 4.57 Å². The lowest BCUT2D eigenvalue weighted by molar-refractivity contribution is 0.327. The molecule has 2 heteroatoms. The molecule has 3 atom stereocenters. The van der Waals surface area contributed by atoms with Gasteiger partial charge >= 0.3 is 0 Å². The summed E-state index contributed by atoms with van der Waals surface area (Å²) in [5.74, 6) is 1.57. The van der Waals surface area contributed by atoms with Crippen LogP contribution in [0.5, 0.6) is 0 Å². The van der Waals surface area contributed by atoms with Crippen LogP contribution in [0.15, 0.2) is 206 Å². The summed E-state index contributed by atoms with van der Waals surface area (Å²) in [5, 5.41) is 4.99. The predicted molar refractivity (Wildman–Crippen MR) is 256 cm³/mol. The molecule has 0 radical (unpaired) electrons. The fourth-order valence-electron chi connectivity index (χ4n) is 12.3. The molecule has 2 nitrogen and oxygen atoms in total. The summed E-state index contributed by atoms with van der Waals surface area (Å²) in [6.45, 7) is 0. The van der Waals surface area contributed by atoms with Crippen LogP contribution in [0.4, 0.5) is 17.1 Å². The highest BCUT2D eigenvalue weighted by atomic mass is 15.1. The Labute approximate surface area is 357 Å². The lowest BCUT2D eigenvalue weighted by atomic mass is 9.66. The van der Waals surface area contributed by atoms with E-state index in [1.54, 1.807) is 11.1 Å². The SMILES string of the molecule is c1ccc(-c2ccccc2N(c2ccc3c4ccccc4n(-c4ccccc4)c3c2)c2ccc(-c3cccc4c3-c3ccccc3C43CC4CCC3C4)c3ccccc23)cc1. The average Bonchev–Trinajstić information content (AvgIpc) is 4.10. The van der Waals surface area contributed by atoms with Gasteiger partial charge in [-0.1, -0.05) is 170 Å². The highest BCUT2D eigenvalue weighted by Gasteiger charge is 2.57. The van der Waals surface area contributed by atoms with Crippen molar-refractivity contribution in [2.75, 3.05) is 4.90 Å². The third-order valence-electron chi connectivity index (χ3n) is 14.7. The summed E-state index contributed by atoms with van der Waals surface area (Å²) in [4.78, 5) is 2.51. The molecule has 9 aromatic carbocycles. The molecule has 2 bridgehead atoms. The number of aromatic nitrogens is 1. The van der Waals surface area contributed by atoms with Gasteiger partial charge in [0.15, 0.2) is 0 Å². The molecule has 290 valence electrons. The first kappa shape index (κ1) is 34.7. The molecule has 3 aliphatic carbocycles. The van der Waals surface area contributed by atoms with Crippen LogP contribution in [0.3, 0.4) is 0 Å². The minimum Gasteiger partial charge on any atom is -0.309 e. The van der Waals surface area contributed by atoms with Crippen molar-refractivity contribution in [3.05, 3.63) is 217 Å². The van der Waals surface area contributed by atoms with E-state index in [-0.39, 0.29) is 5.41 Å². The van der Waals surface area contributed by atoms with E-state index in [1.807, 2.05) is 0 Å². The Morgan fingerprint density at radius 2 is 1.11 bits per heavy atom. The Morgan fingerprint density at radius 1 is 0.443 bits per heavy atom. The smallest absolute Gasteiger partial charge is 0.0561 e. The zero-order valence-corrected chi connectivity index (χ0v) is 34.0. The number of rotatable bonds is 6. The van der Waals surface area contributed by atoms with Gasteiger partial charge in [-0.05, 0) is 118 Å². The van der Waals surface area contributed by atoms with Crippen molar-refractivity contribution in [2.24, 2.45) is 11.8 Å². The molecule has 0 amide bonds. The number of fused-ring (bicyclic) bond motifs is 12. The van der Waals surface area contributed by atoms with E-state index in [1.165, 1.54) is 91.6 Å². The Balaban J connectivity index is 1.06. The lowest BCUT2D eigenvalue weighted by Crippen LogP contribution is -2.31. The van der Waals surface area contributed by atoms with Crippen LogP contribution >= 0.6 is 0 Å². The van der Waals surface area contributed by atoms with Crippen LogP contribution in [0.25, 0.3) is 71.6 Å². The number of benzene rings is 9. The van der Waals surface area contributed by atoms with Crippen molar-refractivity contribution < 1.29 is 0 Å². The topological polar surface area (TPSA) is 8.17 Å². The van der Waals surface area contributed by atoms with Crippen LogP contribution in [0, 0.1) is 11.8 Å². The van der Waals surface area contributed by atoms with Crippen molar-refractivity contribution in [2.45, 2.75) is 31.1 Å². The van der Waals surface area contributed by atoms with Gasteiger partial charge in [0, 0.05) is 38.5 Å². The minimum absolute atomic E-state index is 0.138. The number of nitrogens with zero attached hydrogens (tertiary/aromatic N) is 2. The first-order chi connectivity index (χ1) is 30.3. The third kappa shape index (κ3) is 5.03. The molecular weight excluding hydrogens is 737 g/mol.